The van der Waals surface area contributed by atoms with E-state index in [2.05, 4.69) is 67.6 Å². The van der Waals surface area contributed by atoms with Crippen molar-refractivity contribution < 1.29 is 13.6 Å². The molecule has 6 heteroatoms. The van der Waals surface area contributed by atoms with Gasteiger partial charge in [-0.05, 0) is 36.8 Å². The minimum atomic E-state index is -2.61. The van der Waals surface area contributed by atoms with Crippen molar-refractivity contribution in [1.29, 1.82) is 0 Å². The third-order valence-corrected chi connectivity index (χ3v) is 4.29. The van der Waals surface area contributed by atoms with Crippen molar-refractivity contribution in [3.63, 3.8) is 0 Å². The van der Waals surface area contributed by atoms with Gasteiger partial charge in [0.2, 0.25) is 0 Å². The molecule has 0 aliphatic carbocycles. The molecule has 4 aromatic rings. The topological polar surface area (TPSA) is 11.3 Å². The first-order valence-electron chi connectivity index (χ1n) is 8.99. The van der Waals surface area contributed by atoms with Gasteiger partial charge in [0.15, 0.2) is 0 Å². The van der Waals surface area contributed by atoms with Crippen LogP contribution >= 0.6 is 40.4 Å². The molecule has 30 heavy (non-hydrogen) atoms. The Balaban J connectivity index is 0.000000461. The molecule has 4 rings (SSSR count). The predicted molar refractivity (Wildman–Crippen MR) is 128 cm³/mol. The van der Waals surface area contributed by atoms with E-state index < -0.39 is 9.20 Å². The summed E-state index contributed by atoms with van der Waals surface area (Å²) in [6.07, 6.45) is 0. The van der Waals surface area contributed by atoms with Crippen LogP contribution in [-0.2, 0) is 9.20 Å². The second-order valence-electron chi connectivity index (χ2n) is 6.48. The van der Waals surface area contributed by atoms with Gasteiger partial charge in [-0.2, -0.15) is 0 Å². The fourth-order valence-corrected chi connectivity index (χ4v) is 2.90. The van der Waals surface area contributed by atoms with Crippen LogP contribution < -0.4 is 0 Å². The number of hydrogen-bond acceptors (Lipinski definition) is 0. The summed E-state index contributed by atoms with van der Waals surface area (Å²) in [5.41, 5.74) is 5.76. The van der Waals surface area contributed by atoms with E-state index in [0.717, 1.165) is 28.2 Å². The summed E-state index contributed by atoms with van der Waals surface area (Å²) in [7, 11) is 17.2. The Morgan fingerprint density at radius 2 is 0.933 bits per heavy atom. The zero-order chi connectivity index (χ0) is 21.6. The van der Waals surface area contributed by atoms with E-state index in [0.29, 0.717) is 0 Å². The van der Waals surface area contributed by atoms with Crippen molar-refractivity contribution in [2.45, 2.75) is 6.92 Å². The molecule has 0 N–H and O–H groups in total. The third-order valence-electron chi connectivity index (χ3n) is 4.29. The summed E-state index contributed by atoms with van der Waals surface area (Å²) >= 11 is 0. The van der Waals surface area contributed by atoms with E-state index in [1.54, 1.807) is 0 Å². The first-order chi connectivity index (χ1) is 14.3. The van der Waals surface area contributed by atoms with Crippen LogP contribution in [0.4, 0.5) is 0 Å². The van der Waals surface area contributed by atoms with E-state index in [9.17, 15) is 0 Å². The van der Waals surface area contributed by atoms with Crippen LogP contribution in [-0.4, -0.2) is 0 Å². The van der Waals surface area contributed by atoms with Gasteiger partial charge in [0.25, 0.3) is 0 Å². The van der Waals surface area contributed by atoms with Gasteiger partial charge in [0.1, 0.15) is 0 Å². The summed E-state index contributed by atoms with van der Waals surface area (Å²) in [5, 5.41) is 0. The van der Waals surface area contributed by atoms with Gasteiger partial charge in [0, 0.05) is 5.56 Å². The van der Waals surface area contributed by atoms with Crippen LogP contribution in [0.5, 0.6) is 0 Å². The van der Waals surface area contributed by atoms with E-state index in [-0.39, 0.29) is 0 Å². The van der Waals surface area contributed by atoms with Gasteiger partial charge < -0.3 is 0 Å². The molecule has 157 valence electrons. The van der Waals surface area contributed by atoms with Crippen molar-refractivity contribution >= 4 is 40.4 Å². The molecule has 3 aromatic carbocycles. The molecule has 0 amide bonds. The van der Waals surface area contributed by atoms with E-state index in [4.69, 9.17) is 44.8 Å². The number of rotatable bonds is 3. The SMILES string of the molecule is Cc1ccc(-c2cc(-c3ccccc3)[o+]c(-c3ccccc3)c2)cc1.[Cl][Fe-]([Cl])([Cl])[Cl]. The molecular weight excluding hydrogens is 502 g/mol. The molecule has 0 aliphatic rings. The molecule has 0 fully saturated rings. The number of hydrogen-bond donors (Lipinski definition) is 0. The van der Waals surface area contributed by atoms with Gasteiger partial charge in [0.05, 0.1) is 23.3 Å². The van der Waals surface area contributed by atoms with Gasteiger partial charge in [-0.3, -0.25) is 0 Å². The summed E-state index contributed by atoms with van der Waals surface area (Å²) in [6.45, 7) is 2.11. The van der Waals surface area contributed by atoms with Gasteiger partial charge >= 0.3 is 61.1 Å². The first kappa shape index (κ1) is 23.2. The number of halogens is 4. The minimum absolute atomic E-state index is 0.873. The predicted octanol–water partition coefficient (Wildman–Crippen LogP) is 9.63. The third kappa shape index (κ3) is 7.32. The molecule has 1 nitrogen and oxygen atoms in total. The second kappa shape index (κ2) is 10.7. The van der Waals surface area contributed by atoms with Crippen molar-refractivity contribution in [1.82, 2.24) is 0 Å². The van der Waals surface area contributed by atoms with Crippen LogP contribution in [0.25, 0.3) is 33.8 Å². The van der Waals surface area contributed by atoms with E-state index >= 15 is 0 Å². The average molecular weight is 521 g/mol. The molecular formula is C24H19Cl4FeO. The molecule has 0 bridgehead atoms. The standard InChI is InChI=1S/C24H19O.4ClH.Fe/c1-18-12-14-19(15-13-18)22-16-23(20-8-4-2-5-9-20)25-24(17-22)21-10-6-3-7-11-21;;;;;/h2-17H,1H3;4*1H;/q+1;;;;;+3/p-4. The first-order valence-corrected chi connectivity index (χ1v) is 15.1. The van der Waals surface area contributed by atoms with Crippen LogP contribution in [0.15, 0.2) is 101 Å². The summed E-state index contributed by atoms with van der Waals surface area (Å²) in [6, 6.07) is 33.3. The zero-order valence-electron chi connectivity index (χ0n) is 16.0. The van der Waals surface area contributed by atoms with E-state index in [1.807, 2.05) is 36.4 Å². The van der Waals surface area contributed by atoms with Gasteiger partial charge in [-0.25, -0.2) is 4.42 Å². The molecule has 1 heterocycles. The fraction of sp³-hybridized carbons (Fsp3) is 0.0417. The number of aryl methyl sites for hydroxylation is 1. The maximum atomic E-state index is 6.24. The molecule has 0 saturated heterocycles. The Bertz CT molecular complexity index is 1020. The summed E-state index contributed by atoms with van der Waals surface area (Å²) in [5.74, 6) is 1.75. The molecule has 0 radical (unpaired) electrons. The van der Waals surface area contributed by atoms with Crippen LogP contribution in [0.3, 0.4) is 0 Å². The molecule has 0 unspecified atom stereocenters. The Labute approximate surface area is 196 Å². The Hall–Kier alpha value is -1.51. The Morgan fingerprint density at radius 3 is 1.33 bits per heavy atom. The average Bonchev–Trinajstić information content (AvgIpc) is 2.74. The fourth-order valence-electron chi connectivity index (χ4n) is 2.90. The van der Waals surface area contributed by atoms with Crippen LogP contribution in [0.1, 0.15) is 5.56 Å². The normalized spacial score (nSPS) is 11.4. The Morgan fingerprint density at radius 1 is 0.533 bits per heavy atom. The second-order valence-corrected chi connectivity index (χ2v) is 17.4. The van der Waals surface area contributed by atoms with Crippen molar-refractivity contribution in [2.75, 3.05) is 0 Å². The maximum absolute atomic E-state index is 6.24. The molecule has 0 aliphatic heterocycles. The molecule has 0 spiro atoms. The van der Waals surface area contributed by atoms with Crippen LogP contribution in [0, 0.1) is 6.92 Å². The van der Waals surface area contributed by atoms with Crippen LogP contribution in [0.2, 0.25) is 0 Å². The molecule has 0 atom stereocenters. The van der Waals surface area contributed by atoms with Gasteiger partial charge in [-0.1, -0.05) is 66.2 Å². The summed E-state index contributed by atoms with van der Waals surface area (Å²) < 4.78 is 6.24. The van der Waals surface area contributed by atoms with E-state index in [1.165, 1.54) is 11.1 Å². The monoisotopic (exact) mass is 519 g/mol. The molecule has 1 aromatic heterocycles. The summed E-state index contributed by atoms with van der Waals surface area (Å²) in [4.78, 5) is 0. The molecule has 0 saturated carbocycles. The van der Waals surface area contributed by atoms with Crippen molar-refractivity contribution in [2.24, 2.45) is 0 Å². The van der Waals surface area contributed by atoms with Gasteiger partial charge in [-0.15, -0.1) is 0 Å². The Kier molecular flexibility index (Phi) is 8.25. The van der Waals surface area contributed by atoms with Crippen molar-refractivity contribution in [3.05, 3.63) is 103 Å². The number of benzene rings is 3. The quantitative estimate of drug-likeness (QED) is 0.193. The van der Waals surface area contributed by atoms with Crippen molar-refractivity contribution in [3.8, 4) is 33.8 Å². The zero-order valence-corrected chi connectivity index (χ0v) is 20.1.